The largest absolute Gasteiger partial charge is 0.457 e. The lowest BCUT2D eigenvalue weighted by atomic mass is 9.97. The molecule has 3 heterocycles. The summed E-state index contributed by atoms with van der Waals surface area (Å²) in [7, 11) is 0. The predicted octanol–water partition coefficient (Wildman–Crippen LogP) is 3.29. The molecule has 1 fully saturated rings. The summed E-state index contributed by atoms with van der Waals surface area (Å²) in [6, 6.07) is 10.1. The zero-order valence-corrected chi connectivity index (χ0v) is 16.9. The Balaban J connectivity index is 1.44. The Morgan fingerprint density at radius 3 is 2.77 bits per heavy atom. The molecule has 8 nitrogen and oxygen atoms in total. The second-order valence-corrected chi connectivity index (χ2v) is 7.32. The third-order valence-corrected chi connectivity index (χ3v) is 5.18. The van der Waals surface area contributed by atoms with Crippen LogP contribution < -0.4 is 20.7 Å². The maximum Gasteiger partial charge on any atom is 0.326 e. The van der Waals surface area contributed by atoms with Gasteiger partial charge in [0, 0.05) is 36.3 Å². The number of rotatable bonds is 6. The van der Waals surface area contributed by atoms with Gasteiger partial charge in [-0.05, 0) is 56.3 Å². The van der Waals surface area contributed by atoms with Gasteiger partial charge in [0.15, 0.2) is 0 Å². The van der Waals surface area contributed by atoms with Crippen LogP contribution in [0.5, 0.6) is 11.5 Å². The zero-order valence-electron chi connectivity index (χ0n) is 16.9. The molecule has 3 N–H and O–H groups in total. The van der Waals surface area contributed by atoms with Crippen LogP contribution in [0.4, 0.5) is 15.0 Å². The number of carbonyl (C=O) groups excluding carboxylic acids is 2. The number of hydrogen-bond donors (Lipinski definition) is 3. The number of anilines is 1. The second-order valence-electron chi connectivity index (χ2n) is 7.32. The van der Waals surface area contributed by atoms with Gasteiger partial charge in [-0.2, -0.15) is 0 Å². The van der Waals surface area contributed by atoms with Crippen LogP contribution in [0.3, 0.4) is 0 Å². The highest BCUT2D eigenvalue weighted by Crippen LogP contribution is 2.27. The number of fused-ring (bicyclic) bond motifs is 1. The van der Waals surface area contributed by atoms with Crippen molar-refractivity contribution < 1.29 is 18.7 Å². The molecule has 0 radical (unpaired) electrons. The van der Waals surface area contributed by atoms with Crippen molar-refractivity contribution in [2.75, 3.05) is 31.6 Å². The number of pyridine rings is 1. The molecule has 1 aliphatic heterocycles. The van der Waals surface area contributed by atoms with Crippen molar-refractivity contribution in [1.29, 1.82) is 0 Å². The highest BCUT2D eigenvalue weighted by atomic mass is 19.1. The van der Waals surface area contributed by atoms with Gasteiger partial charge in [0.2, 0.25) is 5.91 Å². The third-order valence-electron chi connectivity index (χ3n) is 5.18. The van der Waals surface area contributed by atoms with Crippen LogP contribution in [-0.2, 0) is 4.79 Å². The average Bonchev–Trinajstić information content (AvgIpc) is 3.21. The van der Waals surface area contributed by atoms with E-state index in [9.17, 15) is 14.0 Å². The molecule has 162 valence electrons. The van der Waals surface area contributed by atoms with Crippen molar-refractivity contribution >= 4 is 28.7 Å². The van der Waals surface area contributed by atoms with Crippen molar-refractivity contribution in [1.82, 2.24) is 20.2 Å². The lowest BCUT2D eigenvalue weighted by molar-refractivity contribution is -0.120. The minimum absolute atomic E-state index is 0.0128. The van der Waals surface area contributed by atoms with Gasteiger partial charge >= 0.3 is 6.03 Å². The van der Waals surface area contributed by atoms with Gasteiger partial charge in [0.05, 0.1) is 5.52 Å². The van der Waals surface area contributed by atoms with Crippen molar-refractivity contribution in [3.05, 3.63) is 48.8 Å². The smallest absolute Gasteiger partial charge is 0.326 e. The lowest BCUT2D eigenvalue weighted by Gasteiger charge is -2.21. The second kappa shape index (κ2) is 9.57. The quantitative estimate of drug-likeness (QED) is 0.563. The maximum atomic E-state index is 12.4. The van der Waals surface area contributed by atoms with Gasteiger partial charge in [-0.25, -0.2) is 14.2 Å². The summed E-state index contributed by atoms with van der Waals surface area (Å²) in [6.45, 7) is 1.04. The molecule has 4 rings (SSSR count). The van der Waals surface area contributed by atoms with Crippen molar-refractivity contribution in [2.24, 2.45) is 5.92 Å². The standard InChI is InChI=1S/C22H24FN5O3/c23-7-11-26-22(30)28-12-6-16-13-17(1-2-19(16)28)31-18-5-10-25-20(14-18)27-21(29)15-3-8-24-9-4-15/h1-2,5-6,10,12-15,24H,3-4,7-9,11H2,(H,26,30)(H,25,27,29). The van der Waals surface area contributed by atoms with E-state index in [1.807, 2.05) is 6.07 Å². The van der Waals surface area contributed by atoms with E-state index in [1.165, 1.54) is 4.57 Å². The van der Waals surface area contributed by atoms with E-state index in [0.29, 0.717) is 22.8 Å². The minimum Gasteiger partial charge on any atom is -0.457 e. The summed E-state index contributed by atoms with van der Waals surface area (Å²) in [5, 5.41) is 9.42. The molecule has 2 amide bonds. The summed E-state index contributed by atoms with van der Waals surface area (Å²) in [5.74, 6) is 1.52. The Labute approximate surface area is 178 Å². The minimum atomic E-state index is -0.616. The summed E-state index contributed by atoms with van der Waals surface area (Å²) in [4.78, 5) is 28.7. The van der Waals surface area contributed by atoms with Gasteiger partial charge in [-0.15, -0.1) is 0 Å². The molecule has 0 saturated carbocycles. The monoisotopic (exact) mass is 425 g/mol. The topological polar surface area (TPSA) is 97.3 Å². The number of carbonyl (C=O) groups is 2. The van der Waals surface area contributed by atoms with E-state index in [2.05, 4.69) is 20.9 Å². The number of piperidine rings is 1. The van der Waals surface area contributed by atoms with Crippen LogP contribution in [0.2, 0.25) is 0 Å². The van der Waals surface area contributed by atoms with Gasteiger partial charge in [0.25, 0.3) is 0 Å². The van der Waals surface area contributed by atoms with Crippen LogP contribution in [0, 0.1) is 5.92 Å². The number of hydrogen-bond acceptors (Lipinski definition) is 5. The van der Waals surface area contributed by atoms with Crippen molar-refractivity contribution in [2.45, 2.75) is 12.8 Å². The number of alkyl halides is 1. The average molecular weight is 425 g/mol. The molecule has 1 aromatic carbocycles. The maximum absolute atomic E-state index is 12.4. The number of nitrogens with zero attached hydrogens (tertiary/aromatic N) is 2. The van der Waals surface area contributed by atoms with Crippen molar-refractivity contribution in [3.63, 3.8) is 0 Å². The predicted molar refractivity (Wildman–Crippen MR) is 115 cm³/mol. The van der Waals surface area contributed by atoms with Crippen LogP contribution in [0.15, 0.2) is 48.8 Å². The fourth-order valence-corrected chi connectivity index (χ4v) is 3.59. The van der Waals surface area contributed by atoms with Crippen LogP contribution in [-0.4, -0.2) is 47.8 Å². The first-order chi connectivity index (χ1) is 15.1. The molecule has 2 aromatic heterocycles. The molecular formula is C22H24FN5O3. The highest BCUT2D eigenvalue weighted by molar-refractivity contribution is 5.93. The zero-order chi connectivity index (χ0) is 21.6. The highest BCUT2D eigenvalue weighted by Gasteiger charge is 2.21. The number of benzene rings is 1. The molecule has 0 spiro atoms. The van der Waals surface area contributed by atoms with Crippen LogP contribution >= 0.6 is 0 Å². The van der Waals surface area contributed by atoms with E-state index in [1.54, 1.807) is 42.7 Å². The summed E-state index contributed by atoms with van der Waals surface area (Å²) in [6.07, 6.45) is 4.83. The first kappa shape index (κ1) is 20.8. The Hall–Kier alpha value is -3.46. The molecule has 1 aliphatic rings. The van der Waals surface area contributed by atoms with Crippen LogP contribution in [0.25, 0.3) is 10.9 Å². The Morgan fingerprint density at radius 2 is 1.97 bits per heavy atom. The number of amides is 2. The van der Waals surface area contributed by atoms with Crippen molar-refractivity contribution in [3.8, 4) is 11.5 Å². The number of nitrogens with one attached hydrogen (secondary N) is 3. The van der Waals surface area contributed by atoms with Gasteiger partial charge in [0.1, 0.15) is 24.0 Å². The molecule has 9 heteroatoms. The molecule has 3 aromatic rings. The number of halogens is 1. The van der Waals surface area contributed by atoms with E-state index < -0.39 is 6.67 Å². The van der Waals surface area contributed by atoms with Gasteiger partial charge < -0.3 is 20.7 Å². The molecular weight excluding hydrogens is 401 g/mol. The number of ether oxygens (including phenoxy) is 1. The fourth-order valence-electron chi connectivity index (χ4n) is 3.59. The molecule has 0 aliphatic carbocycles. The summed E-state index contributed by atoms with van der Waals surface area (Å²) < 4.78 is 19.6. The van der Waals surface area contributed by atoms with E-state index in [4.69, 9.17) is 4.74 Å². The molecule has 0 bridgehead atoms. The van der Waals surface area contributed by atoms with Gasteiger partial charge in [-0.3, -0.25) is 9.36 Å². The summed E-state index contributed by atoms with van der Waals surface area (Å²) in [5.41, 5.74) is 0.688. The normalized spacial score (nSPS) is 14.4. The fraction of sp³-hybridized carbons (Fsp3) is 0.318. The molecule has 0 unspecified atom stereocenters. The third kappa shape index (κ3) is 5.00. The lowest BCUT2D eigenvalue weighted by Crippen LogP contribution is -2.34. The number of aromatic nitrogens is 2. The Bertz CT molecular complexity index is 1080. The first-order valence-corrected chi connectivity index (χ1v) is 10.2. The summed E-state index contributed by atoms with van der Waals surface area (Å²) >= 11 is 0. The first-order valence-electron chi connectivity index (χ1n) is 10.2. The van der Waals surface area contributed by atoms with Gasteiger partial charge in [-0.1, -0.05) is 0 Å². The Kier molecular flexibility index (Phi) is 6.42. The molecule has 1 saturated heterocycles. The van der Waals surface area contributed by atoms with E-state index >= 15 is 0 Å². The van der Waals surface area contributed by atoms with E-state index in [-0.39, 0.29) is 24.4 Å². The molecule has 0 atom stereocenters. The van der Waals surface area contributed by atoms with Crippen LogP contribution in [0.1, 0.15) is 12.8 Å². The SMILES string of the molecule is O=C(Nc1cc(Oc2ccc3c(ccn3C(=O)NCCF)c2)ccn1)C1CCNCC1. The van der Waals surface area contributed by atoms with E-state index in [0.717, 1.165) is 31.3 Å². The Morgan fingerprint density at radius 1 is 1.16 bits per heavy atom. The molecule has 31 heavy (non-hydrogen) atoms.